The quantitative estimate of drug-likeness (QED) is 0.601. The van der Waals surface area contributed by atoms with Gasteiger partial charge in [-0.05, 0) is 12.1 Å². The minimum atomic E-state index is -4.80. The van der Waals surface area contributed by atoms with E-state index in [0.717, 1.165) is 7.11 Å². The lowest BCUT2D eigenvalue weighted by molar-refractivity contribution is -0.137. The fourth-order valence-corrected chi connectivity index (χ4v) is 1.33. The molecule has 0 saturated carbocycles. The number of nitrogens with zero attached hydrogens (tertiary/aromatic N) is 1. The third kappa shape index (κ3) is 2.48. The lowest BCUT2D eigenvalue weighted by Crippen LogP contribution is -2.13. The summed E-state index contributed by atoms with van der Waals surface area (Å²) in [5.41, 5.74) is -2.86. The summed E-state index contributed by atoms with van der Waals surface area (Å²) in [6.45, 7) is 0. The lowest BCUT2D eigenvalue weighted by atomic mass is 9.99. The van der Waals surface area contributed by atoms with E-state index >= 15 is 0 Å². The van der Waals surface area contributed by atoms with E-state index in [0.29, 0.717) is 12.1 Å². The first kappa shape index (κ1) is 13.7. The number of ether oxygens (including phenoxy) is 1. The highest BCUT2D eigenvalue weighted by atomic mass is 19.4. The van der Waals surface area contributed by atoms with Crippen LogP contribution < -0.4 is 0 Å². The van der Waals surface area contributed by atoms with E-state index in [4.69, 9.17) is 5.26 Å². The molecule has 0 fully saturated rings. The molecular weight excluding hydrogens is 251 g/mol. The summed E-state index contributed by atoms with van der Waals surface area (Å²) in [5, 5.41) is 8.72. The number of alkyl halides is 3. The lowest BCUT2D eigenvalue weighted by Gasteiger charge is -2.11. The fraction of sp³-hybridized carbons (Fsp3) is 0.182. The molecule has 0 unspecified atom stereocenters. The highest BCUT2D eigenvalue weighted by Gasteiger charge is 2.35. The van der Waals surface area contributed by atoms with E-state index < -0.39 is 28.8 Å². The van der Waals surface area contributed by atoms with Crippen LogP contribution in [0.5, 0.6) is 0 Å². The molecule has 4 nitrogen and oxygen atoms in total. The molecule has 7 heteroatoms. The second-order valence-electron chi connectivity index (χ2n) is 3.20. The summed E-state index contributed by atoms with van der Waals surface area (Å²) in [6.07, 6.45) is -4.82. The van der Waals surface area contributed by atoms with Crippen molar-refractivity contribution < 1.29 is 27.5 Å². The number of hydrogen-bond acceptors (Lipinski definition) is 4. The van der Waals surface area contributed by atoms with Gasteiger partial charge >= 0.3 is 12.1 Å². The zero-order valence-electron chi connectivity index (χ0n) is 9.04. The molecule has 0 aliphatic heterocycles. The van der Waals surface area contributed by atoms with Crippen molar-refractivity contribution in [3.05, 3.63) is 34.4 Å². The van der Waals surface area contributed by atoms with Crippen LogP contribution in [0.25, 0.3) is 0 Å². The van der Waals surface area contributed by atoms with Gasteiger partial charge in [-0.2, -0.15) is 18.4 Å². The van der Waals surface area contributed by atoms with Crippen molar-refractivity contribution in [2.45, 2.75) is 6.18 Å². The van der Waals surface area contributed by atoms with E-state index in [1.165, 1.54) is 6.07 Å². The van der Waals surface area contributed by atoms with Crippen LogP contribution in [0.15, 0.2) is 12.1 Å². The normalized spacial score (nSPS) is 10.6. The van der Waals surface area contributed by atoms with Crippen LogP contribution in [0.2, 0.25) is 0 Å². The Morgan fingerprint density at radius 3 is 2.44 bits per heavy atom. The molecule has 0 aliphatic rings. The number of hydrogen-bond donors (Lipinski definition) is 0. The average Bonchev–Trinajstić information content (AvgIpc) is 2.34. The first-order valence-corrected chi connectivity index (χ1v) is 4.54. The maximum absolute atomic E-state index is 12.6. The summed E-state index contributed by atoms with van der Waals surface area (Å²) in [4.78, 5) is 21.8. The molecule has 0 atom stereocenters. The molecule has 0 aromatic heterocycles. The number of halogens is 3. The molecule has 18 heavy (non-hydrogen) atoms. The first-order valence-electron chi connectivity index (χ1n) is 4.54. The Kier molecular flexibility index (Phi) is 3.71. The number of rotatable bonds is 2. The summed E-state index contributed by atoms with van der Waals surface area (Å²) >= 11 is 0. The Morgan fingerprint density at radius 1 is 1.44 bits per heavy atom. The SMILES string of the molecule is COC(=O)c1cc(C(F)(F)F)c(C=O)cc1C#N. The van der Waals surface area contributed by atoms with Gasteiger partial charge in [0, 0.05) is 5.56 Å². The highest BCUT2D eigenvalue weighted by molar-refractivity contribution is 5.94. The average molecular weight is 257 g/mol. The van der Waals surface area contributed by atoms with Crippen LogP contribution in [0.3, 0.4) is 0 Å². The van der Waals surface area contributed by atoms with E-state index in [-0.39, 0.29) is 11.8 Å². The number of carbonyl (C=O) groups excluding carboxylic acids is 2. The molecule has 0 radical (unpaired) electrons. The number of aldehydes is 1. The Bertz CT molecular complexity index is 544. The minimum absolute atomic E-state index is 0.0231. The van der Waals surface area contributed by atoms with Crippen molar-refractivity contribution in [2.24, 2.45) is 0 Å². The first-order chi connectivity index (χ1) is 8.35. The highest BCUT2D eigenvalue weighted by Crippen LogP contribution is 2.33. The van der Waals surface area contributed by atoms with Crippen molar-refractivity contribution in [1.82, 2.24) is 0 Å². The van der Waals surface area contributed by atoms with Crippen LogP contribution in [0, 0.1) is 11.3 Å². The standard InChI is InChI=1S/C11H6F3NO3/c1-18-10(17)8-3-9(11(12,13)14)7(5-16)2-6(8)4-15/h2-3,5H,1H3. The topological polar surface area (TPSA) is 67.2 Å². The molecule has 94 valence electrons. The van der Waals surface area contributed by atoms with Crippen molar-refractivity contribution in [3.63, 3.8) is 0 Å². The van der Waals surface area contributed by atoms with Gasteiger partial charge < -0.3 is 4.74 Å². The molecule has 1 aromatic carbocycles. The number of nitriles is 1. The van der Waals surface area contributed by atoms with E-state index in [1.54, 1.807) is 0 Å². The van der Waals surface area contributed by atoms with E-state index in [2.05, 4.69) is 4.74 Å². The maximum atomic E-state index is 12.6. The van der Waals surface area contributed by atoms with Gasteiger partial charge in [0.15, 0.2) is 6.29 Å². The van der Waals surface area contributed by atoms with Crippen LogP contribution in [0.4, 0.5) is 13.2 Å². The number of esters is 1. The van der Waals surface area contributed by atoms with Crippen molar-refractivity contribution in [3.8, 4) is 6.07 Å². The van der Waals surface area contributed by atoms with Crippen LogP contribution in [0.1, 0.15) is 31.8 Å². The second kappa shape index (κ2) is 4.87. The van der Waals surface area contributed by atoms with E-state index in [1.807, 2.05) is 0 Å². The summed E-state index contributed by atoms with van der Waals surface area (Å²) in [5.74, 6) is -1.07. The molecule has 0 heterocycles. The molecule has 0 spiro atoms. The molecule has 0 bridgehead atoms. The van der Waals surface area contributed by atoms with Gasteiger partial charge in [-0.3, -0.25) is 4.79 Å². The second-order valence-corrected chi connectivity index (χ2v) is 3.20. The van der Waals surface area contributed by atoms with Crippen molar-refractivity contribution in [1.29, 1.82) is 5.26 Å². The number of benzene rings is 1. The van der Waals surface area contributed by atoms with Gasteiger partial charge in [-0.1, -0.05) is 0 Å². The molecule has 0 amide bonds. The molecule has 0 saturated heterocycles. The zero-order valence-corrected chi connectivity index (χ0v) is 9.04. The number of carbonyl (C=O) groups is 2. The third-order valence-electron chi connectivity index (χ3n) is 2.15. The number of methoxy groups -OCH3 is 1. The summed E-state index contributed by atoms with van der Waals surface area (Å²) in [7, 11) is 0.977. The molecule has 0 aliphatic carbocycles. The Hall–Kier alpha value is -2.36. The smallest absolute Gasteiger partial charge is 0.417 e. The molecule has 1 rings (SSSR count). The van der Waals surface area contributed by atoms with Gasteiger partial charge in [0.25, 0.3) is 0 Å². The predicted molar refractivity (Wildman–Crippen MR) is 52.9 cm³/mol. The third-order valence-corrected chi connectivity index (χ3v) is 2.15. The largest absolute Gasteiger partial charge is 0.465 e. The van der Waals surface area contributed by atoms with Crippen molar-refractivity contribution in [2.75, 3.05) is 7.11 Å². The Morgan fingerprint density at radius 2 is 2.06 bits per heavy atom. The zero-order chi connectivity index (χ0) is 13.9. The molecule has 1 aromatic rings. The molecule has 0 N–H and O–H groups in total. The minimum Gasteiger partial charge on any atom is -0.465 e. The van der Waals surface area contributed by atoms with Gasteiger partial charge in [0.1, 0.15) is 6.07 Å². The maximum Gasteiger partial charge on any atom is 0.417 e. The van der Waals surface area contributed by atoms with Gasteiger partial charge in [-0.15, -0.1) is 0 Å². The van der Waals surface area contributed by atoms with Crippen molar-refractivity contribution >= 4 is 12.3 Å². The van der Waals surface area contributed by atoms with Crippen LogP contribution >= 0.6 is 0 Å². The molecular formula is C11H6F3NO3. The fourth-order valence-electron chi connectivity index (χ4n) is 1.33. The Balaban J connectivity index is 3.60. The predicted octanol–water partition coefficient (Wildman–Crippen LogP) is 2.18. The van der Waals surface area contributed by atoms with Crippen LogP contribution in [-0.2, 0) is 10.9 Å². The Labute approximate surface area is 99.6 Å². The van der Waals surface area contributed by atoms with Gasteiger partial charge in [0.2, 0.25) is 0 Å². The monoisotopic (exact) mass is 257 g/mol. The van der Waals surface area contributed by atoms with Gasteiger partial charge in [-0.25, -0.2) is 4.79 Å². The summed E-state index contributed by atoms with van der Waals surface area (Å²) in [6, 6.07) is 2.69. The summed E-state index contributed by atoms with van der Waals surface area (Å²) < 4.78 is 42.1. The van der Waals surface area contributed by atoms with Crippen LogP contribution in [-0.4, -0.2) is 19.4 Å². The van der Waals surface area contributed by atoms with Gasteiger partial charge in [0.05, 0.1) is 23.8 Å². The van der Waals surface area contributed by atoms with E-state index in [9.17, 15) is 22.8 Å².